The van der Waals surface area contributed by atoms with Gasteiger partial charge in [0.1, 0.15) is 28.1 Å². The number of thiophene rings is 2. The van der Waals surface area contributed by atoms with E-state index in [0.29, 0.717) is 18.0 Å². The minimum atomic E-state index is -0.0267. The number of aromatic hydroxyl groups is 1. The highest BCUT2D eigenvalue weighted by Crippen LogP contribution is 2.39. The second-order valence-corrected chi connectivity index (χ2v) is 14.1. The third kappa shape index (κ3) is 6.68. The second-order valence-electron chi connectivity index (χ2n) is 11.9. The summed E-state index contributed by atoms with van der Waals surface area (Å²) < 4.78 is 5.11. The molecule has 11 nitrogen and oxygen atoms in total. The monoisotopic (exact) mass is 668 g/mol. The predicted molar refractivity (Wildman–Crippen MR) is 188 cm³/mol. The molecule has 5 aromatic rings. The number of phenols is 1. The van der Waals surface area contributed by atoms with Gasteiger partial charge in [-0.1, -0.05) is 0 Å². The Morgan fingerprint density at radius 3 is 2.04 bits per heavy atom. The van der Waals surface area contributed by atoms with E-state index in [1.54, 1.807) is 66.0 Å². The quantitative estimate of drug-likeness (QED) is 0.122. The third-order valence-electron chi connectivity index (χ3n) is 8.87. The van der Waals surface area contributed by atoms with Crippen molar-refractivity contribution in [3.8, 4) is 11.5 Å². The van der Waals surface area contributed by atoms with Crippen LogP contribution in [0.25, 0.3) is 20.4 Å². The van der Waals surface area contributed by atoms with Crippen LogP contribution in [-0.4, -0.2) is 50.4 Å². The molecule has 0 aliphatic heterocycles. The Hall–Kier alpha value is -4.49. The van der Waals surface area contributed by atoms with Crippen LogP contribution in [0.5, 0.6) is 11.5 Å². The number of anilines is 2. The molecule has 242 valence electrons. The van der Waals surface area contributed by atoms with Crippen molar-refractivity contribution in [2.24, 2.45) is 16.1 Å². The van der Waals surface area contributed by atoms with Crippen molar-refractivity contribution in [1.82, 2.24) is 19.9 Å². The number of nitrogens with zero attached hydrogens (tertiary/aromatic N) is 6. The van der Waals surface area contributed by atoms with Crippen molar-refractivity contribution in [3.63, 3.8) is 0 Å². The number of aryl methyl sites for hydroxylation is 4. The molecule has 3 aliphatic carbocycles. The zero-order valence-corrected chi connectivity index (χ0v) is 27.8. The van der Waals surface area contributed by atoms with Gasteiger partial charge in [0, 0.05) is 22.4 Å². The number of phenolic OH excluding ortho intramolecular Hbond substituents is 1. The summed E-state index contributed by atoms with van der Waals surface area (Å²) in [6.45, 7) is 0. The van der Waals surface area contributed by atoms with E-state index < -0.39 is 0 Å². The van der Waals surface area contributed by atoms with Crippen molar-refractivity contribution >= 4 is 73.0 Å². The first-order chi connectivity index (χ1) is 23.1. The number of hydrazone groups is 2. The van der Waals surface area contributed by atoms with Gasteiger partial charge in [-0.3, -0.25) is 15.6 Å². The molecule has 4 heterocycles. The van der Waals surface area contributed by atoms with Gasteiger partial charge in [0.2, 0.25) is 0 Å². The number of Topliss-reactive ketones (excluding diaryl/α,β-unsaturated/α-hetero) is 1. The first kappa shape index (κ1) is 31.1. The summed E-state index contributed by atoms with van der Waals surface area (Å²) in [5.41, 5.74) is 9.67. The normalized spacial score (nSPS) is 17.6. The van der Waals surface area contributed by atoms with E-state index in [0.717, 1.165) is 76.2 Å². The largest absolute Gasteiger partial charge is 0.504 e. The average molecular weight is 669 g/mol. The highest BCUT2D eigenvalue weighted by atomic mass is 32.1. The van der Waals surface area contributed by atoms with Crippen molar-refractivity contribution in [2.75, 3.05) is 18.0 Å². The van der Waals surface area contributed by atoms with Crippen LogP contribution in [-0.2, 0) is 30.5 Å². The van der Waals surface area contributed by atoms with Crippen molar-refractivity contribution in [1.29, 1.82) is 0 Å². The molecule has 0 bridgehead atoms. The lowest BCUT2D eigenvalue weighted by Crippen LogP contribution is -2.08. The van der Waals surface area contributed by atoms with Crippen LogP contribution >= 0.6 is 22.7 Å². The smallest absolute Gasteiger partial charge is 0.161 e. The van der Waals surface area contributed by atoms with Gasteiger partial charge in [-0.25, -0.2) is 19.9 Å². The van der Waals surface area contributed by atoms with E-state index in [-0.39, 0.29) is 11.7 Å². The predicted octanol–water partition coefficient (Wildman–Crippen LogP) is 7.07. The van der Waals surface area contributed by atoms with Gasteiger partial charge in [0.05, 0.1) is 30.0 Å². The molecule has 0 saturated heterocycles. The molecule has 0 spiro atoms. The van der Waals surface area contributed by atoms with E-state index in [4.69, 9.17) is 4.74 Å². The van der Waals surface area contributed by atoms with Crippen LogP contribution in [0.4, 0.5) is 11.6 Å². The van der Waals surface area contributed by atoms with Gasteiger partial charge >= 0.3 is 0 Å². The first-order valence-electron chi connectivity index (χ1n) is 16.1. The van der Waals surface area contributed by atoms with Gasteiger partial charge in [-0.05, 0) is 99.1 Å². The lowest BCUT2D eigenvalue weighted by molar-refractivity contribution is -0.118. The van der Waals surface area contributed by atoms with Crippen LogP contribution < -0.4 is 15.6 Å². The van der Waals surface area contributed by atoms with Crippen LogP contribution in [0.2, 0.25) is 0 Å². The van der Waals surface area contributed by atoms with Gasteiger partial charge in [-0.15, -0.1) is 22.7 Å². The first-order valence-corrected chi connectivity index (χ1v) is 17.7. The maximum atomic E-state index is 11.6. The molecule has 3 aliphatic rings. The number of nitrogens with one attached hydrogen (secondary N) is 2. The number of ether oxygens (including phenoxy) is 1. The number of rotatable bonds is 7. The molecule has 1 fully saturated rings. The SMILES string of the molecule is COc1cc(/C=N\Nc2ncnc3sc4c(c23)CCCC4)ccc1O.O=C1CCCC1/C=N\Nc1ncnc2sc3c(c12)CCCC3. The molecule has 0 amide bonds. The summed E-state index contributed by atoms with van der Waals surface area (Å²) in [5.74, 6) is 2.31. The Morgan fingerprint density at radius 1 is 0.830 bits per heavy atom. The van der Waals surface area contributed by atoms with Crippen molar-refractivity contribution < 1.29 is 14.6 Å². The molecule has 0 radical (unpaired) electrons. The molecule has 47 heavy (non-hydrogen) atoms. The van der Waals surface area contributed by atoms with Gasteiger partial charge in [-0.2, -0.15) is 10.2 Å². The minimum absolute atomic E-state index is 0.0267. The Morgan fingerprint density at radius 2 is 1.45 bits per heavy atom. The van der Waals surface area contributed by atoms with E-state index in [1.165, 1.54) is 53.7 Å². The second kappa shape index (κ2) is 14.1. The summed E-state index contributed by atoms with van der Waals surface area (Å²) in [7, 11) is 1.52. The molecule has 4 aromatic heterocycles. The zero-order chi connectivity index (χ0) is 32.2. The third-order valence-corrected chi connectivity index (χ3v) is 11.3. The maximum absolute atomic E-state index is 11.6. The number of aromatic nitrogens is 4. The summed E-state index contributed by atoms with van der Waals surface area (Å²) in [6, 6.07) is 5.08. The molecular weight excluding hydrogens is 633 g/mol. The summed E-state index contributed by atoms with van der Waals surface area (Å²) in [5, 5.41) is 20.4. The number of ketones is 1. The highest BCUT2D eigenvalue weighted by Gasteiger charge is 2.23. The highest BCUT2D eigenvalue weighted by molar-refractivity contribution is 7.19. The van der Waals surface area contributed by atoms with Gasteiger partial charge < -0.3 is 9.84 Å². The number of carbonyl (C=O) groups excluding carboxylic acids is 1. The molecule has 1 unspecified atom stereocenters. The molecular formula is C34H36N8O3S2. The molecule has 1 saturated carbocycles. The molecule has 8 rings (SSSR count). The van der Waals surface area contributed by atoms with E-state index in [1.807, 2.05) is 0 Å². The minimum Gasteiger partial charge on any atom is -0.504 e. The van der Waals surface area contributed by atoms with Gasteiger partial charge in [0.25, 0.3) is 0 Å². The van der Waals surface area contributed by atoms with E-state index in [2.05, 4.69) is 41.0 Å². The van der Waals surface area contributed by atoms with Crippen LogP contribution in [0.3, 0.4) is 0 Å². The lowest BCUT2D eigenvalue weighted by atomic mass is 9.97. The average Bonchev–Trinajstić information content (AvgIpc) is 3.81. The summed E-state index contributed by atoms with van der Waals surface area (Å²) >= 11 is 3.54. The number of fused-ring (bicyclic) bond motifs is 6. The number of hydrogen-bond acceptors (Lipinski definition) is 13. The lowest BCUT2D eigenvalue weighted by Gasteiger charge is -2.11. The van der Waals surface area contributed by atoms with E-state index in [9.17, 15) is 9.90 Å². The Balaban J connectivity index is 0.000000151. The summed E-state index contributed by atoms with van der Waals surface area (Å²) in [6.07, 6.45) is 18.6. The van der Waals surface area contributed by atoms with Crippen molar-refractivity contribution in [2.45, 2.75) is 70.6 Å². The maximum Gasteiger partial charge on any atom is 0.161 e. The molecule has 13 heteroatoms. The fourth-order valence-corrected chi connectivity index (χ4v) is 8.94. The molecule has 1 aromatic carbocycles. The number of carbonyl (C=O) groups is 1. The van der Waals surface area contributed by atoms with Crippen molar-refractivity contribution in [3.05, 3.63) is 57.3 Å². The Bertz CT molecular complexity index is 1990. The Kier molecular flexibility index (Phi) is 9.34. The van der Waals surface area contributed by atoms with Crippen LogP contribution in [0.1, 0.15) is 71.4 Å². The Labute approximate surface area is 280 Å². The standard InChI is InChI=1S/C18H18N4O2S.C16H18N4OS/c1-24-14-8-11(6-7-13(14)23)9-21-22-17-16-12-4-2-3-5-15(12)25-18(16)20-10-19-17;21-12-6-3-4-10(12)8-19-20-15-14-11-5-1-2-7-13(11)22-16(14)18-9-17-15/h6-10,23H,2-5H2,1H3,(H,19,20,22);8-10H,1-7H2,(H,17,18,20)/b21-9-;19-8-. The topological polar surface area (TPSA) is 147 Å². The zero-order valence-electron chi connectivity index (χ0n) is 26.2. The summed E-state index contributed by atoms with van der Waals surface area (Å²) in [4.78, 5) is 34.1. The fourth-order valence-electron chi connectivity index (χ4n) is 6.48. The molecule has 1 atom stereocenters. The van der Waals surface area contributed by atoms with Crippen LogP contribution in [0, 0.1) is 5.92 Å². The fraction of sp³-hybridized carbons (Fsp3) is 0.382. The number of hydrogen-bond donors (Lipinski definition) is 3. The van der Waals surface area contributed by atoms with Crippen LogP contribution in [0.15, 0.2) is 41.1 Å². The number of benzene rings is 1. The molecule has 3 N–H and O–H groups in total. The number of methoxy groups -OCH3 is 1. The van der Waals surface area contributed by atoms with E-state index >= 15 is 0 Å². The van der Waals surface area contributed by atoms with Gasteiger partial charge in [0.15, 0.2) is 23.1 Å².